The summed E-state index contributed by atoms with van der Waals surface area (Å²) < 4.78 is 22.6. The molecule has 0 fully saturated rings. The minimum atomic E-state index is -1.14. The number of phenolic OH excluding ortho intramolecular Hbond substituents is 7. The van der Waals surface area contributed by atoms with Gasteiger partial charge in [0.25, 0.3) is 0 Å². The van der Waals surface area contributed by atoms with Crippen LogP contribution in [0.2, 0.25) is 0 Å². The molecule has 9 aromatic carbocycles. The Morgan fingerprint density at radius 1 is 0.426 bits per heavy atom. The van der Waals surface area contributed by atoms with Crippen LogP contribution < -0.4 is 4.90 Å². The number of para-hydroxylation sites is 1. The SMILES string of the molecule is Oc1c(O)c(O)c2c(O)c(-c3ccc(N(c4ccc5c(c4)oc4ccccc45)c4cc(F)c5ccc6cccc7ccc4c5c67)cc3)c(O)c(O)c2c1O. The Labute approximate surface area is 303 Å². The number of hydrogen-bond donors (Lipinski definition) is 7. The average molecular weight is 716 g/mol. The molecule has 54 heavy (non-hydrogen) atoms. The van der Waals surface area contributed by atoms with Gasteiger partial charge in [-0.3, -0.25) is 0 Å². The van der Waals surface area contributed by atoms with Crippen molar-refractivity contribution in [3.63, 3.8) is 0 Å². The number of phenols is 7. The Bertz CT molecular complexity index is 3190. The predicted octanol–water partition coefficient (Wildman–Crippen LogP) is 10.9. The van der Waals surface area contributed by atoms with Crippen LogP contribution in [0.1, 0.15) is 0 Å². The first-order valence-corrected chi connectivity index (χ1v) is 16.9. The Morgan fingerprint density at radius 2 is 1.02 bits per heavy atom. The van der Waals surface area contributed by atoms with Gasteiger partial charge in [-0.2, -0.15) is 0 Å². The van der Waals surface area contributed by atoms with Gasteiger partial charge in [-0.15, -0.1) is 0 Å². The monoisotopic (exact) mass is 715 g/mol. The zero-order valence-electron chi connectivity index (χ0n) is 27.8. The van der Waals surface area contributed by atoms with E-state index in [0.29, 0.717) is 28.0 Å². The third-order valence-corrected chi connectivity index (χ3v) is 10.4. The summed E-state index contributed by atoms with van der Waals surface area (Å²) in [4.78, 5) is 1.88. The molecule has 0 radical (unpaired) electrons. The van der Waals surface area contributed by atoms with Crippen molar-refractivity contribution in [2.24, 2.45) is 0 Å². The Morgan fingerprint density at radius 3 is 1.74 bits per heavy atom. The lowest BCUT2D eigenvalue weighted by Crippen LogP contribution is -2.11. The van der Waals surface area contributed by atoms with Gasteiger partial charge in [-0.1, -0.05) is 72.8 Å². The summed E-state index contributed by atoms with van der Waals surface area (Å²) in [5, 5.41) is 80.1. The molecule has 0 unspecified atom stereocenters. The fourth-order valence-electron chi connectivity index (χ4n) is 7.92. The first kappa shape index (κ1) is 31.2. The Hall–Kier alpha value is -7.59. The molecular weight excluding hydrogens is 689 g/mol. The molecule has 9 nitrogen and oxygen atoms in total. The molecule has 1 aromatic heterocycles. The molecular formula is C44H26FNO8. The van der Waals surface area contributed by atoms with Gasteiger partial charge in [0.05, 0.1) is 22.0 Å². The normalized spacial score (nSPS) is 11.9. The number of furan rings is 1. The third kappa shape index (κ3) is 4.13. The summed E-state index contributed by atoms with van der Waals surface area (Å²) in [6.45, 7) is 0. The second-order valence-electron chi connectivity index (χ2n) is 13.3. The third-order valence-electron chi connectivity index (χ3n) is 10.4. The van der Waals surface area contributed by atoms with E-state index in [0.717, 1.165) is 43.3 Å². The maximum atomic E-state index is 16.3. The number of hydrogen-bond acceptors (Lipinski definition) is 9. The van der Waals surface area contributed by atoms with Crippen LogP contribution in [0.4, 0.5) is 21.5 Å². The fourth-order valence-corrected chi connectivity index (χ4v) is 7.92. The van der Waals surface area contributed by atoms with Crippen LogP contribution in [-0.4, -0.2) is 35.7 Å². The highest BCUT2D eigenvalue weighted by Crippen LogP contribution is 2.59. The molecule has 1 heterocycles. The molecule has 0 saturated heterocycles. The number of aromatic hydroxyl groups is 7. The Balaban J connectivity index is 1.22. The minimum absolute atomic E-state index is 0.173. The number of halogens is 1. The van der Waals surface area contributed by atoms with E-state index >= 15 is 4.39 Å². The highest BCUT2D eigenvalue weighted by atomic mass is 19.1. The maximum absolute atomic E-state index is 16.3. The second-order valence-corrected chi connectivity index (χ2v) is 13.3. The number of benzene rings is 9. The average Bonchev–Trinajstić information content (AvgIpc) is 3.56. The van der Waals surface area contributed by atoms with E-state index in [-0.39, 0.29) is 11.1 Å². The van der Waals surface area contributed by atoms with Crippen LogP contribution in [0.25, 0.3) is 76.2 Å². The predicted molar refractivity (Wildman–Crippen MR) is 207 cm³/mol. The van der Waals surface area contributed by atoms with Crippen LogP contribution >= 0.6 is 0 Å². The van der Waals surface area contributed by atoms with E-state index in [9.17, 15) is 35.7 Å². The van der Waals surface area contributed by atoms with Crippen LogP contribution in [0, 0.1) is 5.82 Å². The smallest absolute Gasteiger partial charge is 0.205 e. The first-order valence-electron chi connectivity index (χ1n) is 16.9. The van der Waals surface area contributed by atoms with E-state index in [1.165, 1.54) is 6.07 Å². The molecule has 0 saturated carbocycles. The Kier molecular flexibility index (Phi) is 6.32. The molecule has 10 heteroatoms. The summed E-state index contributed by atoms with van der Waals surface area (Å²) in [6, 6.07) is 35.1. The van der Waals surface area contributed by atoms with Crippen LogP contribution in [0.15, 0.2) is 120 Å². The summed E-state index contributed by atoms with van der Waals surface area (Å²) in [7, 11) is 0. The van der Waals surface area contributed by atoms with Gasteiger partial charge in [0.1, 0.15) is 22.7 Å². The van der Waals surface area contributed by atoms with Crippen molar-refractivity contribution in [2.75, 3.05) is 4.90 Å². The quantitative estimate of drug-likeness (QED) is 0.0535. The first-order chi connectivity index (χ1) is 26.1. The van der Waals surface area contributed by atoms with Gasteiger partial charge in [0.2, 0.25) is 11.5 Å². The number of rotatable bonds is 4. The number of fused-ring (bicyclic) bond motifs is 4. The van der Waals surface area contributed by atoms with Crippen molar-refractivity contribution in [3.8, 4) is 51.4 Å². The summed E-state index contributed by atoms with van der Waals surface area (Å²) >= 11 is 0. The lowest BCUT2D eigenvalue weighted by atomic mass is 9.92. The van der Waals surface area contributed by atoms with Gasteiger partial charge in [0, 0.05) is 44.4 Å². The van der Waals surface area contributed by atoms with Crippen molar-refractivity contribution < 1.29 is 44.6 Å². The molecule has 7 N–H and O–H groups in total. The second kappa shape index (κ2) is 11.0. The highest BCUT2D eigenvalue weighted by Gasteiger charge is 2.29. The van der Waals surface area contributed by atoms with E-state index in [4.69, 9.17) is 4.42 Å². The molecule has 0 amide bonds. The maximum Gasteiger partial charge on any atom is 0.205 e. The summed E-state index contributed by atoms with van der Waals surface area (Å²) in [5.41, 5.74) is 2.92. The molecule has 10 aromatic rings. The molecule has 0 aliphatic carbocycles. The van der Waals surface area contributed by atoms with Gasteiger partial charge in [0.15, 0.2) is 23.0 Å². The molecule has 262 valence electrons. The van der Waals surface area contributed by atoms with Crippen LogP contribution in [-0.2, 0) is 0 Å². The van der Waals surface area contributed by atoms with E-state index in [1.54, 1.807) is 30.3 Å². The van der Waals surface area contributed by atoms with E-state index < -0.39 is 56.8 Å². The lowest BCUT2D eigenvalue weighted by molar-refractivity contribution is 0.347. The molecule has 0 aliphatic heterocycles. The van der Waals surface area contributed by atoms with Crippen molar-refractivity contribution in [2.45, 2.75) is 0 Å². The molecule has 0 atom stereocenters. The summed E-state index contributed by atoms with van der Waals surface area (Å²) in [6.07, 6.45) is 0. The van der Waals surface area contributed by atoms with E-state index in [2.05, 4.69) is 0 Å². The molecule has 10 rings (SSSR count). The van der Waals surface area contributed by atoms with Crippen molar-refractivity contribution in [1.29, 1.82) is 0 Å². The largest absolute Gasteiger partial charge is 0.506 e. The zero-order valence-corrected chi connectivity index (χ0v) is 27.8. The van der Waals surface area contributed by atoms with Crippen LogP contribution in [0.3, 0.4) is 0 Å². The molecule has 0 bridgehead atoms. The lowest BCUT2D eigenvalue weighted by Gasteiger charge is -2.28. The van der Waals surface area contributed by atoms with Gasteiger partial charge >= 0.3 is 0 Å². The highest BCUT2D eigenvalue weighted by molar-refractivity contribution is 6.26. The zero-order chi connectivity index (χ0) is 37.2. The van der Waals surface area contributed by atoms with Gasteiger partial charge < -0.3 is 45.1 Å². The topological polar surface area (TPSA) is 158 Å². The van der Waals surface area contributed by atoms with E-state index in [1.807, 2.05) is 83.8 Å². The summed E-state index contributed by atoms with van der Waals surface area (Å²) in [5.74, 6) is -7.34. The van der Waals surface area contributed by atoms with Gasteiger partial charge in [-0.05, 0) is 58.1 Å². The standard InChI is InChI=1S/C44H26FNO8/c45-29-19-30(28-16-11-21-5-3-4-20-10-15-27(29)35(28)33(20)21)46(24-14-17-26-25-6-1-2-7-31(25)54-32(26)18-24)23-12-8-22(9-13-23)34-38(47)36-37(40(49)39(34)48)42(51)44(53)43(52)41(36)50/h1-19,47-53H. The fraction of sp³-hybridized carbons (Fsp3) is 0. The number of anilines is 3. The van der Waals surface area contributed by atoms with Gasteiger partial charge in [-0.25, -0.2) is 4.39 Å². The van der Waals surface area contributed by atoms with Crippen molar-refractivity contribution in [3.05, 3.63) is 121 Å². The number of nitrogens with zero attached hydrogens (tertiary/aromatic N) is 1. The van der Waals surface area contributed by atoms with Crippen LogP contribution in [0.5, 0.6) is 40.2 Å². The van der Waals surface area contributed by atoms with Crippen molar-refractivity contribution >= 4 is 82.1 Å². The minimum Gasteiger partial charge on any atom is -0.506 e. The molecule has 0 spiro atoms. The van der Waals surface area contributed by atoms with Crippen molar-refractivity contribution in [1.82, 2.24) is 0 Å². The molecule has 0 aliphatic rings.